The van der Waals surface area contributed by atoms with Gasteiger partial charge in [0.1, 0.15) is 5.75 Å². The van der Waals surface area contributed by atoms with E-state index in [0.717, 1.165) is 6.07 Å². The molecule has 0 saturated carbocycles. The van der Waals surface area contributed by atoms with E-state index < -0.39 is 12.1 Å². The highest BCUT2D eigenvalue weighted by Crippen LogP contribution is 2.36. The summed E-state index contributed by atoms with van der Waals surface area (Å²) in [6.45, 7) is 0. The standard InChI is InChI=1S/C7H6BrF3N2O/c8-6-4(13)1-3(12)2-5(6)14-7(9,10)11/h1-2H,12-13H2. The van der Waals surface area contributed by atoms with Gasteiger partial charge in [0.2, 0.25) is 0 Å². The van der Waals surface area contributed by atoms with Crippen molar-refractivity contribution in [2.45, 2.75) is 6.36 Å². The van der Waals surface area contributed by atoms with Crippen LogP contribution in [-0.4, -0.2) is 6.36 Å². The van der Waals surface area contributed by atoms with Crippen molar-refractivity contribution in [3.63, 3.8) is 0 Å². The van der Waals surface area contributed by atoms with Crippen molar-refractivity contribution in [1.82, 2.24) is 0 Å². The quantitative estimate of drug-likeness (QED) is 0.771. The molecule has 0 aliphatic carbocycles. The molecular formula is C7H6BrF3N2O. The largest absolute Gasteiger partial charge is 0.573 e. The molecule has 0 bridgehead atoms. The third-order valence-electron chi connectivity index (χ3n) is 1.32. The molecule has 14 heavy (non-hydrogen) atoms. The van der Waals surface area contributed by atoms with E-state index in [2.05, 4.69) is 20.7 Å². The minimum absolute atomic E-state index is 0.0315. The topological polar surface area (TPSA) is 61.3 Å². The Morgan fingerprint density at radius 3 is 2.29 bits per heavy atom. The molecular weight excluding hydrogens is 265 g/mol. The molecule has 0 aliphatic rings. The molecule has 0 amide bonds. The van der Waals surface area contributed by atoms with E-state index in [9.17, 15) is 13.2 Å². The number of benzene rings is 1. The highest BCUT2D eigenvalue weighted by molar-refractivity contribution is 9.10. The number of nitrogen functional groups attached to an aromatic ring is 2. The minimum Gasteiger partial charge on any atom is -0.404 e. The van der Waals surface area contributed by atoms with E-state index in [0.29, 0.717) is 0 Å². The van der Waals surface area contributed by atoms with Crippen molar-refractivity contribution >= 4 is 27.3 Å². The van der Waals surface area contributed by atoms with Gasteiger partial charge in [-0.05, 0) is 22.0 Å². The maximum absolute atomic E-state index is 11.9. The number of nitrogens with two attached hydrogens (primary N) is 2. The van der Waals surface area contributed by atoms with E-state index in [1.54, 1.807) is 0 Å². The Morgan fingerprint density at radius 1 is 1.21 bits per heavy atom. The average molecular weight is 271 g/mol. The Bertz CT molecular complexity index is 354. The van der Waals surface area contributed by atoms with Crippen molar-refractivity contribution in [3.8, 4) is 5.75 Å². The first kappa shape index (κ1) is 11.0. The van der Waals surface area contributed by atoms with E-state index in [4.69, 9.17) is 11.5 Å². The van der Waals surface area contributed by atoms with Gasteiger partial charge in [-0.1, -0.05) is 0 Å². The Balaban J connectivity index is 3.09. The third kappa shape index (κ3) is 2.69. The predicted molar refractivity (Wildman–Crippen MR) is 49.6 cm³/mol. The van der Waals surface area contributed by atoms with Crippen molar-refractivity contribution < 1.29 is 17.9 Å². The smallest absolute Gasteiger partial charge is 0.404 e. The minimum atomic E-state index is -4.76. The molecule has 0 unspecified atom stereocenters. The molecule has 0 heterocycles. The number of anilines is 2. The van der Waals surface area contributed by atoms with Gasteiger partial charge in [0, 0.05) is 11.8 Å². The summed E-state index contributed by atoms with van der Waals surface area (Å²) in [5.74, 6) is -0.449. The summed E-state index contributed by atoms with van der Waals surface area (Å²) in [4.78, 5) is 0. The van der Waals surface area contributed by atoms with E-state index in [1.807, 2.05) is 0 Å². The molecule has 1 aromatic rings. The lowest BCUT2D eigenvalue weighted by Crippen LogP contribution is -2.17. The van der Waals surface area contributed by atoms with Crippen LogP contribution < -0.4 is 16.2 Å². The Hall–Kier alpha value is -1.11. The van der Waals surface area contributed by atoms with Gasteiger partial charge in [-0.2, -0.15) is 0 Å². The van der Waals surface area contributed by atoms with Gasteiger partial charge < -0.3 is 16.2 Å². The first-order valence-corrected chi connectivity index (χ1v) is 4.19. The monoisotopic (exact) mass is 270 g/mol. The van der Waals surface area contributed by atoms with E-state index >= 15 is 0 Å². The number of rotatable bonds is 1. The SMILES string of the molecule is Nc1cc(N)c(Br)c(OC(F)(F)F)c1. The number of ether oxygens (including phenoxy) is 1. The van der Waals surface area contributed by atoms with Crippen LogP contribution in [0.4, 0.5) is 24.5 Å². The Kier molecular flexibility index (Phi) is 2.79. The normalized spacial score (nSPS) is 11.4. The Morgan fingerprint density at radius 2 is 1.79 bits per heavy atom. The average Bonchev–Trinajstić information content (AvgIpc) is 1.96. The van der Waals surface area contributed by atoms with Gasteiger partial charge in [-0.3, -0.25) is 0 Å². The fraction of sp³-hybridized carbons (Fsp3) is 0.143. The van der Waals surface area contributed by atoms with Crippen LogP contribution in [0.15, 0.2) is 16.6 Å². The zero-order valence-corrected chi connectivity index (χ0v) is 8.32. The van der Waals surface area contributed by atoms with Crippen LogP contribution in [0.1, 0.15) is 0 Å². The molecule has 0 atom stereocenters. The summed E-state index contributed by atoms with van der Waals surface area (Å²) in [5, 5.41) is 0. The summed E-state index contributed by atoms with van der Waals surface area (Å²) in [7, 11) is 0. The third-order valence-corrected chi connectivity index (χ3v) is 2.16. The van der Waals surface area contributed by atoms with Crippen LogP contribution in [0.3, 0.4) is 0 Å². The van der Waals surface area contributed by atoms with Gasteiger partial charge >= 0.3 is 6.36 Å². The van der Waals surface area contributed by atoms with Crippen LogP contribution in [0.25, 0.3) is 0 Å². The van der Waals surface area contributed by atoms with E-state index in [1.165, 1.54) is 6.07 Å². The van der Waals surface area contributed by atoms with Gasteiger partial charge in [0.25, 0.3) is 0 Å². The van der Waals surface area contributed by atoms with Gasteiger partial charge in [-0.25, -0.2) is 0 Å². The van der Waals surface area contributed by atoms with Crippen molar-refractivity contribution in [2.75, 3.05) is 11.5 Å². The number of alkyl halides is 3. The van der Waals surface area contributed by atoms with Crippen LogP contribution in [-0.2, 0) is 0 Å². The van der Waals surface area contributed by atoms with Crippen LogP contribution in [0.2, 0.25) is 0 Å². The van der Waals surface area contributed by atoms with Crippen molar-refractivity contribution in [2.24, 2.45) is 0 Å². The molecule has 78 valence electrons. The Labute approximate surface area is 86.0 Å². The second-order valence-electron chi connectivity index (χ2n) is 2.47. The summed E-state index contributed by atoms with van der Waals surface area (Å²) < 4.78 is 39.3. The molecule has 3 nitrogen and oxygen atoms in total. The zero-order chi connectivity index (χ0) is 10.9. The van der Waals surface area contributed by atoms with Crippen LogP contribution >= 0.6 is 15.9 Å². The number of hydrogen-bond donors (Lipinski definition) is 2. The molecule has 4 N–H and O–H groups in total. The van der Waals surface area contributed by atoms with E-state index in [-0.39, 0.29) is 15.8 Å². The number of halogens is 4. The second kappa shape index (κ2) is 3.56. The van der Waals surface area contributed by atoms with Crippen molar-refractivity contribution in [3.05, 3.63) is 16.6 Å². The summed E-state index contributed by atoms with van der Waals surface area (Å²) in [6.07, 6.45) is -4.76. The lowest BCUT2D eigenvalue weighted by molar-refractivity contribution is -0.274. The molecule has 0 spiro atoms. The molecule has 1 rings (SSSR count). The molecule has 0 aliphatic heterocycles. The van der Waals surface area contributed by atoms with Gasteiger partial charge in [0.15, 0.2) is 0 Å². The van der Waals surface area contributed by atoms with Crippen molar-refractivity contribution in [1.29, 1.82) is 0 Å². The zero-order valence-electron chi connectivity index (χ0n) is 6.73. The van der Waals surface area contributed by atoms with Crippen LogP contribution in [0.5, 0.6) is 5.75 Å². The maximum Gasteiger partial charge on any atom is 0.573 e. The molecule has 7 heteroatoms. The first-order valence-electron chi connectivity index (χ1n) is 3.40. The maximum atomic E-state index is 11.9. The van der Waals surface area contributed by atoms with Gasteiger partial charge in [-0.15, -0.1) is 13.2 Å². The lowest BCUT2D eigenvalue weighted by atomic mass is 10.3. The summed E-state index contributed by atoms with van der Waals surface area (Å²) in [5.41, 5.74) is 10.9. The molecule has 0 saturated heterocycles. The molecule has 0 radical (unpaired) electrons. The fourth-order valence-electron chi connectivity index (χ4n) is 0.841. The predicted octanol–water partition coefficient (Wildman–Crippen LogP) is 2.51. The lowest BCUT2D eigenvalue weighted by Gasteiger charge is -2.12. The second-order valence-corrected chi connectivity index (χ2v) is 3.26. The highest BCUT2D eigenvalue weighted by atomic mass is 79.9. The molecule has 0 fully saturated rings. The first-order chi connectivity index (χ1) is 6.29. The number of hydrogen-bond acceptors (Lipinski definition) is 3. The highest BCUT2D eigenvalue weighted by Gasteiger charge is 2.32. The van der Waals surface area contributed by atoms with Crippen LogP contribution in [0, 0.1) is 0 Å². The molecule has 0 aromatic heterocycles. The summed E-state index contributed by atoms with van der Waals surface area (Å²) in [6, 6.07) is 2.36. The fourth-order valence-corrected chi connectivity index (χ4v) is 1.15. The molecule has 1 aromatic carbocycles. The summed E-state index contributed by atoms with van der Waals surface area (Å²) >= 11 is 2.86. The van der Waals surface area contributed by atoms with Gasteiger partial charge in [0.05, 0.1) is 10.2 Å².